The fourth-order valence-electron chi connectivity index (χ4n) is 4.29. The minimum Gasteiger partial charge on any atom is -0.506 e. The molecule has 0 aromatic heterocycles. The van der Waals surface area contributed by atoms with E-state index in [-0.39, 0.29) is 23.4 Å². The summed E-state index contributed by atoms with van der Waals surface area (Å²) in [6, 6.07) is 7.69. The second kappa shape index (κ2) is 9.33. The number of ether oxygens (including phenoxy) is 1. The monoisotopic (exact) mass is 856 g/mol. The van der Waals surface area contributed by atoms with Crippen LogP contribution >= 0.6 is 90.4 Å². The van der Waals surface area contributed by atoms with Crippen LogP contribution in [0.15, 0.2) is 24.3 Å². The number of aromatic hydroxyl groups is 1. The molecule has 2 aromatic carbocycles. The fourth-order valence-corrected chi connectivity index (χ4v) is 8.12. The molecule has 2 aliphatic rings. The topological polar surface area (TPSA) is 61.8 Å². The molecule has 0 bridgehead atoms. The molecule has 160 valence electrons. The molecule has 5 nitrogen and oxygen atoms in total. The van der Waals surface area contributed by atoms with E-state index in [1.807, 2.05) is 24.1 Å². The Balaban J connectivity index is 1.54. The average Bonchev–Trinajstić information content (AvgIpc) is 3.24. The normalized spacial score (nSPS) is 20.4. The maximum Gasteiger partial charge on any atom is 0.241 e. The van der Waals surface area contributed by atoms with Gasteiger partial charge >= 0.3 is 0 Å². The summed E-state index contributed by atoms with van der Waals surface area (Å²) in [5, 5.41) is 13.6. The number of likely N-dealkylation sites (N-methyl/N-ethyl adjacent to an activating group) is 1. The molecule has 0 radical (unpaired) electrons. The lowest BCUT2D eigenvalue weighted by molar-refractivity contribution is -0.130. The number of nitrogens with zero attached hydrogens (tertiary/aromatic N) is 1. The van der Waals surface area contributed by atoms with Gasteiger partial charge in [0.25, 0.3) is 0 Å². The van der Waals surface area contributed by atoms with Crippen molar-refractivity contribution in [1.82, 2.24) is 10.2 Å². The molecule has 9 heteroatoms. The number of amides is 1. The molecule has 1 saturated carbocycles. The van der Waals surface area contributed by atoms with Crippen molar-refractivity contribution in [3.8, 4) is 17.2 Å². The van der Waals surface area contributed by atoms with Crippen molar-refractivity contribution in [1.29, 1.82) is 0 Å². The molecule has 1 aliphatic heterocycles. The van der Waals surface area contributed by atoms with E-state index in [1.165, 1.54) is 12.8 Å². The van der Waals surface area contributed by atoms with Crippen molar-refractivity contribution in [2.75, 3.05) is 7.05 Å². The molecule has 4 rings (SSSR count). The van der Waals surface area contributed by atoms with Gasteiger partial charge in [-0.25, -0.2) is 0 Å². The number of halogens is 4. The maximum absolute atomic E-state index is 12.9. The molecular formula is C21H20I4N2O3. The third-order valence-electron chi connectivity index (χ3n) is 5.85. The zero-order valence-electron chi connectivity index (χ0n) is 16.1. The van der Waals surface area contributed by atoms with E-state index in [0.29, 0.717) is 12.2 Å². The molecule has 1 atom stereocenters. The molecule has 2 aromatic rings. The Morgan fingerprint density at radius 1 is 1.07 bits per heavy atom. The van der Waals surface area contributed by atoms with Gasteiger partial charge in [-0.1, -0.05) is 0 Å². The quantitative estimate of drug-likeness (QED) is 0.380. The summed E-state index contributed by atoms with van der Waals surface area (Å²) in [6.45, 7) is 0. The first-order valence-electron chi connectivity index (χ1n) is 9.59. The zero-order chi connectivity index (χ0) is 21.6. The summed E-state index contributed by atoms with van der Waals surface area (Å²) in [4.78, 5) is 14.8. The van der Waals surface area contributed by atoms with Crippen LogP contribution in [-0.4, -0.2) is 34.7 Å². The first-order valence-corrected chi connectivity index (χ1v) is 13.9. The molecule has 1 amide bonds. The number of phenolic OH excluding ortho intramolecular Hbond substituents is 1. The first-order chi connectivity index (χ1) is 14.2. The van der Waals surface area contributed by atoms with Crippen molar-refractivity contribution >= 4 is 96.3 Å². The fraction of sp³-hybridized carbons (Fsp3) is 0.381. The van der Waals surface area contributed by atoms with Crippen molar-refractivity contribution in [2.45, 2.75) is 43.8 Å². The standard InChI is InChI=1S/C21H20I4N2O3/c1-27-20(29)17(26-21(27)4-2-3-5-21)8-11-6-15(24)19(16(25)7-11)30-12-9-13(22)18(28)14(23)10-12/h6-7,9-10,17,26,28H,2-5,8H2,1H3/t17-/m0/s1. The van der Waals surface area contributed by atoms with Gasteiger partial charge < -0.3 is 14.7 Å². The first kappa shape index (κ1) is 23.5. The number of hydrogen-bond acceptors (Lipinski definition) is 4. The number of carbonyl (C=O) groups excluding carboxylic acids is 1. The molecule has 1 spiro atoms. The van der Waals surface area contributed by atoms with Crippen molar-refractivity contribution in [3.63, 3.8) is 0 Å². The highest BCUT2D eigenvalue weighted by Crippen LogP contribution is 2.39. The highest BCUT2D eigenvalue weighted by Gasteiger charge is 2.49. The summed E-state index contributed by atoms with van der Waals surface area (Å²) in [5.41, 5.74) is 0.985. The third kappa shape index (κ3) is 4.55. The van der Waals surface area contributed by atoms with Crippen molar-refractivity contribution < 1.29 is 14.6 Å². The lowest BCUT2D eigenvalue weighted by atomic mass is 10.1. The van der Waals surface area contributed by atoms with Gasteiger partial charge in [-0.3, -0.25) is 10.1 Å². The van der Waals surface area contributed by atoms with Crippen LogP contribution in [0.1, 0.15) is 31.2 Å². The largest absolute Gasteiger partial charge is 0.506 e. The van der Waals surface area contributed by atoms with Crippen LogP contribution in [0.5, 0.6) is 17.2 Å². The highest BCUT2D eigenvalue weighted by atomic mass is 127. The molecule has 0 unspecified atom stereocenters. The summed E-state index contributed by atoms with van der Waals surface area (Å²) in [6.07, 6.45) is 5.10. The number of rotatable bonds is 4. The predicted molar refractivity (Wildman–Crippen MR) is 150 cm³/mol. The van der Waals surface area contributed by atoms with Gasteiger partial charge in [-0.15, -0.1) is 0 Å². The Hall–Kier alpha value is 0.390. The number of benzene rings is 2. The lowest BCUT2D eigenvalue weighted by Crippen LogP contribution is -2.48. The maximum atomic E-state index is 12.9. The van der Waals surface area contributed by atoms with E-state index in [2.05, 4.69) is 108 Å². The average molecular weight is 856 g/mol. The molecule has 1 saturated heterocycles. The molecule has 30 heavy (non-hydrogen) atoms. The third-order valence-corrected chi connectivity index (χ3v) is 9.10. The van der Waals surface area contributed by atoms with E-state index >= 15 is 0 Å². The predicted octanol–water partition coefficient (Wildman–Crippen LogP) is 5.85. The summed E-state index contributed by atoms with van der Waals surface area (Å²) in [5.74, 6) is 1.97. The Kier molecular flexibility index (Phi) is 7.32. The van der Waals surface area contributed by atoms with Gasteiger partial charge in [0.05, 0.1) is 26.0 Å². The molecular weight excluding hydrogens is 836 g/mol. The van der Waals surface area contributed by atoms with Crippen LogP contribution in [-0.2, 0) is 11.2 Å². The van der Waals surface area contributed by atoms with Crippen molar-refractivity contribution in [3.05, 3.63) is 44.1 Å². The van der Waals surface area contributed by atoms with Crippen LogP contribution in [0.25, 0.3) is 0 Å². The lowest BCUT2D eigenvalue weighted by Gasteiger charge is -2.31. The summed E-state index contributed by atoms with van der Waals surface area (Å²) < 4.78 is 9.69. The molecule has 1 aliphatic carbocycles. The van der Waals surface area contributed by atoms with E-state index in [0.717, 1.165) is 38.4 Å². The molecule has 2 N–H and O–H groups in total. The minimum absolute atomic E-state index is 0.141. The number of phenols is 1. The Bertz CT molecular complexity index is 962. The van der Waals surface area contributed by atoms with E-state index in [4.69, 9.17) is 4.74 Å². The van der Waals surface area contributed by atoms with E-state index in [1.54, 1.807) is 0 Å². The van der Waals surface area contributed by atoms with Gasteiger partial charge in [-0.05, 0) is 152 Å². The van der Waals surface area contributed by atoms with Gasteiger partial charge in [-0.2, -0.15) is 0 Å². The van der Waals surface area contributed by atoms with E-state index < -0.39 is 0 Å². The SMILES string of the molecule is CN1C(=O)[C@H](Cc2cc(I)c(Oc3cc(I)c(O)c(I)c3)c(I)c2)NC12CCCC2. The molecule has 2 fully saturated rings. The second-order valence-corrected chi connectivity index (χ2v) is 12.4. The number of nitrogens with one attached hydrogen (secondary N) is 1. The van der Waals surface area contributed by atoms with E-state index in [9.17, 15) is 9.90 Å². The highest BCUT2D eigenvalue weighted by molar-refractivity contribution is 14.1. The Morgan fingerprint density at radius 3 is 2.20 bits per heavy atom. The van der Waals surface area contributed by atoms with Crippen molar-refractivity contribution in [2.24, 2.45) is 0 Å². The summed E-state index contributed by atoms with van der Waals surface area (Å²) in [7, 11) is 1.94. The second-order valence-electron chi connectivity index (χ2n) is 7.76. The van der Waals surface area contributed by atoms with Gasteiger partial charge in [0.2, 0.25) is 5.91 Å². The van der Waals surface area contributed by atoms with Crippen LogP contribution in [0.4, 0.5) is 0 Å². The Morgan fingerprint density at radius 2 is 1.63 bits per heavy atom. The van der Waals surface area contributed by atoms with Gasteiger partial charge in [0, 0.05) is 7.05 Å². The Labute approximate surface area is 230 Å². The smallest absolute Gasteiger partial charge is 0.241 e. The zero-order valence-corrected chi connectivity index (χ0v) is 24.8. The van der Waals surface area contributed by atoms with Crippen LogP contribution in [0.3, 0.4) is 0 Å². The minimum atomic E-state index is -0.174. The van der Waals surface area contributed by atoms with Crippen LogP contribution in [0, 0.1) is 14.3 Å². The van der Waals surface area contributed by atoms with Gasteiger partial charge in [0.1, 0.15) is 11.5 Å². The number of carbonyl (C=O) groups is 1. The summed E-state index contributed by atoms with van der Waals surface area (Å²) >= 11 is 8.79. The number of hydrogen-bond donors (Lipinski definition) is 2. The van der Waals surface area contributed by atoms with Crippen LogP contribution < -0.4 is 10.1 Å². The van der Waals surface area contributed by atoms with Gasteiger partial charge in [0.15, 0.2) is 5.75 Å². The van der Waals surface area contributed by atoms with Crippen LogP contribution in [0.2, 0.25) is 0 Å². The molecule has 1 heterocycles.